The number of thioether (sulfide) groups is 1. The fourth-order valence-electron chi connectivity index (χ4n) is 1.43. The van der Waals surface area contributed by atoms with Gasteiger partial charge in [-0.3, -0.25) is 9.59 Å². The first-order chi connectivity index (χ1) is 7.47. The van der Waals surface area contributed by atoms with Crippen molar-refractivity contribution in [1.82, 2.24) is 4.90 Å². The van der Waals surface area contributed by atoms with E-state index < -0.39 is 11.2 Å². The molecular formula is C11H21NO3S. The molecule has 0 aliphatic rings. The lowest BCUT2D eigenvalue weighted by Crippen LogP contribution is -2.37. The van der Waals surface area contributed by atoms with Crippen molar-refractivity contribution in [2.45, 2.75) is 44.6 Å². The zero-order chi connectivity index (χ0) is 12.7. The molecule has 0 radical (unpaired) electrons. The van der Waals surface area contributed by atoms with Crippen LogP contribution in [0.2, 0.25) is 0 Å². The van der Waals surface area contributed by atoms with Gasteiger partial charge in [0.15, 0.2) is 0 Å². The molecule has 4 nitrogen and oxygen atoms in total. The quantitative estimate of drug-likeness (QED) is 0.746. The molecule has 16 heavy (non-hydrogen) atoms. The maximum atomic E-state index is 11.9. The lowest BCUT2D eigenvalue weighted by Gasteiger charge is -2.24. The number of rotatable bonds is 7. The van der Waals surface area contributed by atoms with Gasteiger partial charge in [-0.15, -0.1) is 11.8 Å². The van der Waals surface area contributed by atoms with Crippen LogP contribution in [0.5, 0.6) is 0 Å². The highest BCUT2D eigenvalue weighted by Gasteiger charge is 2.25. The molecule has 1 amide bonds. The third-order valence-corrected chi connectivity index (χ3v) is 3.91. The summed E-state index contributed by atoms with van der Waals surface area (Å²) in [6.45, 7) is 8.78. The average Bonchev–Trinajstić information content (AvgIpc) is 2.26. The molecule has 0 rings (SSSR count). The first-order valence-electron chi connectivity index (χ1n) is 5.64. The smallest absolute Gasteiger partial charge is 0.316 e. The summed E-state index contributed by atoms with van der Waals surface area (Å²) >= 11 is 1.23. The standard InChI is InChI=1S/C11H21NO3S/c1-5-9(11(14)15)16-8(4)10(13)12(6-2)7-3/h8-9H,5-7H2,1-4H3,(H,14,15). The van der Waals surface area contributed by atoms with E-state index in [-0.39, 0.29) is 11.2 Å². The van der Waals surface area contributed by atoms with Gasteiger partial charge in [-0.1, -0.05) is 6.92 Å². The zero-order valence-corrected chi connectivity index (χ0v) is 11.2. The Morgan fingerprint density at radius 3 is 2.06 bits per heavy atom. The van der Waals surface area contributed by atoms with Crippen molar-refractivity contribution in [1.29, 1.82) is 0 Å². The van der Waals surface area contributed by atoms with Gasteiger partial charge >= 0.3 is 5.97 Å². The molecule has 2 unspecified atom stereocenters. The van der Waals surface area contributed by atoms with Gasteiger partial charge in [-0.25, -0.2) is 0 Å². The van der Waals surface area contributed by atoms with Crippen LogP contribution in [0.25, 0.3) is 0 Å². The van der Waals surface area contributed by atoms with Crippen molar-refractivity contribution in [3.63, 3.8) is 0 Å². The summed E-state index contributed by atoms with van der Waals surface area (Å²) < 4.78 is 0. The van der Waals surface area contributed by atoms with Crippen molar-refractivity contribution in [2.75, 3.05) is 13.1 Å². The second-order valence-electron chi connectivity index (χ2n) is 3.52. The lowest BCUT2D eigenvalue weighted by atomic mass is 10.3. The second-order valence-corrected chi connectivity index (χ2v) is 5.07. The van der Waals surface area contributed by atoms with E-state index in [2.05, 4.69) is 0 Å². The number of nitrogens with zero attached hydrogens (tertiary/aromatic N) is 1. The number of carbonyl (C=O) groups is 2. The van der Waals surface area contributed by atoms with Gasteiger partial charge in [0.25, 0.3) is 0 Å². The van der Waals surface area contributed by atoms with Gasteiger partial charge in [0, 0.05) is 13.1 Å². The van der Waals surface area contributed by atoms with E-state index in [9.17, 15) is 9.59 Å². The van der Waals surface area contributed by atoms with Crippen LogP contribution in [-0.2, 0) is 9.59 Å². The number of carboxylic acid groups (broad SMARTS) is 1. The minimum Gasteiger partial charge on any atom is -0.480 e. The number of hydrogen-bond donors (Lipinski definition) is 1. The number of hydrogen-bond acceptors (Lipinski definition) is 3. The zero-order valence-electron chi connectivity index (χ0n) is 10.4. The Kier molecular flexibility index (Phi) is 7.21. The Morgan fingerprint density at radius 2 is 1.75 bits per heavy atom. The van der Waals surface area contributed by atoms with Crippen LogP contribution >= 0.6 is 11.8 Å². The molecule has 0 aliphatic heterocycles. The van der Waals surface area contributed by atoms with Gasteiger partial charge < -0.3 is 10.0 Å². The van der Waals surface area contributed by atoms with Crippen molar-refractivity contribution in [3.8, 4) is 0 Å². The Labute approximate surface area is 101 Å². The van der Waals surface area contributed by atoms with Crippen LogP contribution in [0.1, 0.15) is 34.1 Å². The molecule has 2 atom stereocenters. The van der Waals surface area contributed by atoms with E-state index in [1.165, 1.54) is 11.8 Å². The van der Waals surface area contributed by atoms with E-state index in [1.54, 1.807) is 11.8 Å². The molecule has 0 heterocycles. The molecule has 0 saturated carbocycles. The molecule has 0 spiro atoms. The van der Waals surface area contributed by atoms with Crippen LogP contribution in [0.15, 0.2) is 0 Å². The fourth-order valence-corrected chi connectivity index (χ4v) is 2.49. The van der Waals surface area contributed by atoms with Crippen molar-refractivity contribution >= 4 is 23.6 Å². The largest absolute Gasteiger partial charge is 0.480 e. The summed E-state index contributed by atoms with van der Waals surface area (Å²) in [4.78, 5) is 24.5. The van der Waals surface area contributed by atoms with Crippen LogP contribution in [0.4, 0.5) is 0 Å². The number of amides is 1. The SMILES string of the molecule is CCC(SC(C)C(=O)N(CC)CC)C(=O)O. The van der Waals surface area contributed by atoms with Crippen molar-refractivity contribution in [3.05, 3.63) is 0 Å². The Bertz CT molecular complexity index is 241. The molecule has 0 saturated heterocycles. The summed E-state index contributed by atoms with van der Waals surface area (Å²) in [5.74, 6) is -0.818. The molecule has 0 aromatic rings. The summed E-state index contributed by atoms with van der Waals surface area (Å²) in [6.07, 6.45) is 0.538. The highest BCUT2D eigenvalue weighted by atomic mass is 32.2. The highest BCUT2D eigenvalue weighted by molar-refractivity contribution is 8.01. The van der Waals surface area contributed by atoms with Gasteiger partial charge in [0.05, 0.1) is 5.25 Å². The van der Waals surface area contributed by atoms with Crippen molar-refractivity contribution in [2.24, 2.45) is 0 Å². The average molecular weight is 247 g/mol. The van der Waals surface area contributed by atoms with Crippen LogP contribution in [0.3, 0.4) is 0 Å². The molecule has 1 N–H and O–H groups in total. The highest BCUT2D eigenvalue weighted by Crippen LogP contribution is 2.22. The predicted molar refractivity (Wildman–Crippen MR) is 66.7 cm³/mol. The molecule has 94 valence electrons. The monoisotopic (exact) mass is 247 g/mol. The summed E-state index contributed by atoms with van der Waals surface area (Å²) in [5.41, 5.74) is 0. The molecule has 0 fully saturated rings. The van der Waals surface area contributed by atoms with E-state index in [1.807, 2.05) is 20.8 Å². The third kappa shape index (κ3) is 4.43. The molecule has 0 aromatic heterocycles. The van der Waals surface area contributed by atoms with Gasteiger partial charge in [0.1, 0.15) is 5.25 Å². The number of carbonyl (C=O) groups excluding carboxylic acids is 1. The minimum atomic E-state index is -0.841. The summed E-state index contributed by atoms with van der Waals surface area (Å²) in [7, 11) is 0. The molecule has 0 aromatic carbocycles. The number of carboxylic acids is 1. The molecule has 0 aliphatic carbocycles. The maximum absolute atomic E-state index is 11.9. The predicted octanol–water partition coefficient (Wildman–Crippen LogP) is 1.84. The van der Waals surface area contributed by atoms with E-state index in [0.717, 1.165) is 0 Å². The van der Waals surface area contributed by atoms with Gasteiger partial charge in [-0.2, -0.15) is 0 Å². The molecular weight excluding hydrogens is 226 g/mol. The first-order valence-corrected chi connectivity index (χ1v) is 6.59. The van der Waals surface area contributed by atoms with Crippen LogP contribution in [-0.4, -0.2) is 45.5 Å². The molecule has 0 bridgehead atoms. The van der Waals surface area contributed by atoms with E-state index in [0.29, 0.717) is 19.5 Å². The third-order valence-electron chi connectivity index (χ3n) is 2.44. The van der Waals surface area contributed by atoms with Crippen molar-refractivity contribution < 1.29 is 14.7 Å². The second kappa shape index (κ2) is 7.54. The number of aliphatic carboxylic acids is 1. The maximum Gasteiger partial charge on any atom is 0.316 e. The lowest BCUT2D eigenvalue weighted by molar-refractivity contribution is -0.136. The van der Waals surface area contributed by atoms with Gasteiger partial charge in [0.2, 0.25) is 5.91 Å². The Hall–Kier alpha value is -0.710. The van der Waals surface area contributed by atoms with Gasteiger partial charge in [-0.05, 0) is 27.2 Å². The fraction of sp³-hybridized carbons (Fsp3) is 0.818. The summed E-state index contributed by atoms with van der Waals surface area (Å²) in [6, 6.07) is 0. The summed E-state index contributed by atoms with van der Waals surface area (Å²) in [5, 5.41) is 8.13. The normalized spacial score (nSPS) is 14.2. The van der Waals surface area contributed by atoms with Crippen LogP contribution in [0, 0.1) is 0 Å². The minimum absolute atomic E-state index is 0.0229. The topological polar surface area (TPSA) is 57.6 Å². The Morgan fingerprint density at radius 1 is 1.25 bits per heavy atom. The van der Waals surface area contributed by atoms with E-state index >= 15 is 0 Å². The Balaban J connectivity index is 4.38. The van der Waals surface area contributed by atoms with E-state index in [4.69, 9.17) is 5.11 Å². The molecule has 5 heteroatoms. The first kappa shape index (κ1) is 15.3. The van der Waals surface area contributed by atoms with Crippen LogP contribution < -0.4 is 0 Å².